The van der Waals surface area contributed by atoms with Gasteiger partial charge in [0, 0.05) is 16.8 Å². The summed E-state index contributed by atoms with van der Waals surface area (Å²) < 4.78 is 25.2. The Hall–Kier alpha value is -3.58. The van der Waals surface area contributed by atoms with Gasteiger partial charge in [0.05, 0.1) is 17.8 Å². The van der Waals surface area contributed by atoms with Crippen LogP contribution in [0.3, 0.4) is 0 Å². The predicted octanol–water partition coefficient (Wildman–Crippen LogP) is 5.45. The van der Waals surface area contributed by atoms with E-state index in [0.717, 1.165) is 0 Å². The number of carbonyl (C=O) groups is 1. The van der Waals surface area contributed by atoms with Gasteiger partial charge >= 0.3 is 0 Å². The summed E-state index contributed by atoms with van der Waals surface area (Å²) in [7, 11) is 0. The molecule has 0 spiro atoms. The predicted molar refractivity (Wildman–Crippen MR) is 122 cm³/mol. The van der Waals surface area contributed by atoms with Crippen molar-refractivity contribution in [2.45, 2.75) is 13.5 Å². The van der Waals surface area contributed by atoms with Crippen molar-refractivity contribution < 1.29 is 23.5 Å². The molecule has 0 aromatic heterocycles. The lowest BCUT2D eigenvalue weighted by atomic mass is 10.2. The largest absolute Gasteiger partial charge is 0.490 e. The fourth-order valence-corrected chi connectivity index (χ4v) is 3.02. The number of benzene rings is 3. The molecule has 0 bridgehead atoms. The summed E-state index contributed by atoms with van der Waals surface area (Å²) in [5.41, 5.74) is 1.66. The minimum absolute atomic E-state index is 0.000456. The van der Waals surface area contributed by atoms with Crippen molar-refractivity contribution in [2.24, 2.45) is 5.16 Å². The Kier molecular flexibility index (Phi) is 8.45. The Balaban J connectivity index is 1.61. The van der Waals surface area contributed by atoms with E-state index in [1.165, 1.54) is 12.3 Å². The first kappa shape index (κ1) is 23.1. The summed E-state index contributed by atoms with van der Waals surface area (Å²) in [6.07, 6.45) is 1.41. The van der Waals surface area contributed by atoms with Crippen molar-refractivity contribution in [1.82, 2.24) is 0 Å². The monoisotopic (exact) mass is 456 g/mol. The van der Waals surface area contributed by atoms with Crippen LogP contribution in [0.15, 0.2) is 71.9 Å². The molecule has 0 saturated carbocycles. The second kappa shape index (κ2) is 11.7. The van der Waals surface area contributed by atoms with Crippen LogP contribution < -0.4 is 14.8 Å². The average molecular weight is 457 g/mol. The summed E-state index contributed by atoms with van der Waals surface area (Å²) in [6, 6.07) is 18.7. The van der Waals surface area contributed by atoms with Gasteiger partial charge in [0.1, 0.15) is 12.4 Å². The molecule has 166 valence electrons. The summed E-state index contributed by atoms with van der Waals surface area (Å²) in [4.78, 5) is 16.9. The molecule has 6 nitrogen and oxygen atoms in total. The van der Waals surface area contributed by atoms with Gasteiger partial charge in [0.2, 0.25) is 0 Å². The zero-order valence-corrected chi connectivity index (χ0v) is 18.1. The number of halogens is 2. The number of rotatable bonds is 10. The molecule has 3 aromatic carbocycles. The molecule has 3 aromatic rings. The van der Waals surface area contributed by atoms with Gasteiger partial charge in [-0.15, -0.1) is 0 Å². The quantitative estimate of drug-likeness (QED) is 0.325. The number of nitrogens with zero attached hydrogens (tertiary/aromatic N) is 1. The zero-order valence-electron chi connectivity index (χ0n) is 17.4. The van der Waals surface area contributed by atoms with Crippen LogP contribution in [0.1, 0.15) is 18.1 Å². The summed E-state index contributed by atoms with van der Waals surface area (Å²) in [6.45, 7) is 1.95. The van der Waals surface area contributed by atoms with Crippen molar-refractivity contribution >= 4 is 29.4 Å². The van der Waals surface area contributed by atoms with E-state index in [-0.39, 0.29) is 30.0 Å². The second-order valence-corrected chi connectivity index (χ2v) is 6.97. The highest BCUT2D eigenvalue weighted by Crippen LogP contribution is 2.37. The lowest BCUT2D eigenvalue weighted by molar-refractivity contribution is -0.120. The SMILES string of the molecule is CCOc1cc(/C=N/OCC(=O)Nc2ccccc2)cc(Cl)c1OCc1ccccc1F. The molecule has 0 unspecified atom stereocenters. The topological polar surface area (TPSA) is 69.2 Å². The van der Waals surface area contributed by atoms with E-state index in [9.17, 15) is 9.18 Å². The van der Waals surface area contributed by atoms with E-state index in [4.69, 9.17) is 25.9 Å². The van der Waals surface area contributed by atoms with E-state index in [0.29, 0.717) is 34.9 Å². The molecular weight excluding hydrogens is 435 g/mol. The third-order valence-corrected chi connectivity index (χ3v) is 4.47. The first-order valence-electron chi connectivity index (χ1n) is 9.89. The maximum absolute atomic E-state index is 13.9. The Morgan fingerprint density at radius 2 is 1.84 bits per heavy atom. The molecule has 0 heterocycles. The third kappa shape index (κ3) is 6.72. The van der Waals surface area contributed by atoms with Gasteiger partial charge < -0.3 is 19.6 Å². The first-order chi connectivity index (χ1) is 15.6. The number of ether oxygens (including phenoxy) is 2. The average Bonchev–Trinajstić information content (AvgIpc) is 2.78. The molecule has 1 N–H and O–H groups in total. The van der Waals surface area contributed by atoms with Crippen LogP contribution in [0.2, 0.25) is 5.02 Å². The van der Waals surface area contributed by atoms with Crippen molar-refractivity contribution in [3.05, 3.63) is 88.7 Å². The highest BCUT2D eigenvalue weighted by atomic mass is 35.5. The maximum Gasteiger partial charge on any atom is 0.265 e. The number of carbonyl (C=O) groups excluding carboxylic acids is 1. The van der Waals surface area contributed by atoms with Gasteiger partial charge in [-0.1, -0.05) is 53.2 Å². The van der Waals surface area contributed by atoms with Crippen LogP contribution in [0.25, 0.3) is 0 Å². The Labute approximate surface area is 190 Å². The number of hydrogen-bond acceptors (Lipinski definition) is 5. The minimum Gasteiger partial charge on any atom is -0.490 e. The fourth-order valence-electron chi connectivity index (χ4n) is 2.74. The number of anilines is 1. The molecule has 0 aliphatic carbocycles. The van der Waals surface area contributed by atoms with Crippen molar-refractivity contribution in [3.63, 3.8) is 0 Å². The lowest BCUT2D eigenvalue weighted by Gasteiger charge is -2.14. The molecule has 0 saturated heterocycles. The first-order valence-corrected chi connectivity index (χ1v) is 10.3. The molecule has 0 fully saturated rings. The summed E-state index contributed by atoms with van der Waals surface area (Å²) in [5.74, 6) is -0.00578. The highest BCUT2D eigenvalue weighted by molar-refractivity contribution is 6.32. The molecule has 3 rings (SSSR count). The van der Waals surface area contributed by atoms with Crippen LogP contribution in [0.4, 0.5) is 10.1 Å². The molecule has 0 aliphatic heterocycles. The van der Waals surface area contributed by atoms with E-state index in [2.05, 4.69) is 10.5 Å². The normalized spacial score (nSPS) is 10.7. The molecule has 1 amide bonds. The highest BCUT2D eigenvalue weighted by Gasteiger charge is 2.13. The number of para-hydroxylation sites is 1. The number of amides is 1. The molecule has 8 heteroatoms. The summed E-state index contributed by atoms with van der Waals surface area (Å²) in [5, 5.41) is 6.78. The van der Waals surface area contributed by atoms with Gasteiger partial charge in [0.15, 0.2) is 18.1 Å². The Morgan fingerprint density at radius 1 is 1.09 bits per heavy atom. The molecular formula is C24H22ClFN2O4. The Bertz CT molecular complexity index is 1080. The van der Waals surface area contributed by atoms with Crippen molar-refractivity contribution in [1.29, 1.82) is 0 Å². The van der Waals surface area contributed by atoms with Gasteiger partial charge in [-0.3, -0.25) is 4.79 Å². The maximum atomic E-state index is 13.9. The van der Waals surface area contributed by atoms with Gasteiger partial charge in [-0.05, 0) is 37.3 Å². The van der Waals surface area contributed by atoms with Crippen LogP contribution in [-0.2, 0) is 16.2 Å². The van der Waals surface area contributed by atoms with Crippen molar-refractivity contribution in [3.8, 4) is 11.5 Å². The van der Waals surface area contributed by atoms with Crippen LogP contribution in [0.5, 0.6) is 11.5 Å². The van der Waals surface area contributed by atoms with Gasteiger partial charge in [0.25, 0.3) is 5.91 Å². The lowest BCUT2D eigenvalue weighted by Crippen LogP contribution is -2.16. The molecule has 32 heavy (non-hydrogen) atoms. The fraction of sp³-hybridized carbons (Fsp3) is 0.167. The minimum atomic E-state index is -0.362. The molecule has 0 aliphatic rings. The summed E-state index contributed by atoms with van der Waals surface area (Å²) >= 11 is 6.36. The van der Waals surface area contributed by atoms with Crippen molar-refractivity contribution in [2.75, 3.05) is 18.5 Å². The Morgan fingerprint density at radius 3 is 2.59 bits per heavy atom. The van der Waals surface area contributed by atoms with Crippen LogP contribution in [-0.4, -0.2) is 25.3 Å². The van der Waals surface area contributed by atoms with Crippen LogP contribution >= 0.6 is 11.6 Å². The van der Waals surface area contributed by atoms with Crippen LogP contribution in [0, 0.1) is 5.82 Å². The molecule has 0 atom stereocenters. The van der Waals surface area contributed by atoms with E-state index < -0.39 is 0 Å². The van der Waals surface area contributed by atoms with Gasteiger partial charge in [-0.2, -0.15) is 0 Å². The number of nitrogens with one attached hydrogen (secondary N) is 1. The zero-order chi connectivity index (χ0) is 22.8. The smallest absolute Gasteiger partial charge is 0.265 e. The van der Waals surface area contributed by atoms with E-state index in [1.54, 1.807) is 42.5 Å². The standard InChI is InChI=1S/C24H22ClFN2O4/c1-2-30-22-13-17(14-27-32-16-23(29)28-19-9-4-3-5-10-19)12-20(25)24(22)31-15-18-8-6-7-11-21(18)26/h3-14H,2,15-16H2,1H3,(H,28,29)/b27-14+. The van der Waals surface area contributed by atoms with E-state index in [1.807, 2.05) is 25.1 Å². The third-order valence-electron chi connectivity index (χ3n) is 4.19. The van der Waals surface area contributed by atoms with E-state index >= 15 is 0 Å². The van der Waals surface area contributed by atoms with Gasteiger partial charge in [-0.25, -0.2) is 4.39 Å². The number of oxime groups is 1. The second-order valence-electron chi connectivity index (χ2n) is 6.57. The number of hydrogen-bond donors (Lipinski definition) is 1. The molecule has 0 radical (unpaired) electrons.